The van der Waals surface area contributed by atoms with Crippen LogP contribution in [0.3, 0.4) is 0 Å². The molecule has 2 nitrogen and oxygen atoms in total. The van der Waals surface area contributed by atoms with Crippen LogP contribution in [0.4, 0.5) is 0 Å². The summed E-state index contributed by atoms with van der Waals surface area (Å²) in [6.45, 7) is 1.53. The first-order chi connectivity index (χ1) is 4.70. The summed E-state index contributed by atoms with van der Waals surface area (Å²) in [4.78, 5) is 10.9. The van der Waals surface area contributed by atoms with Crippen molar-refractivity contribution in [2.24, 2.45) is 11.8 Å². The second-order valence-corrected chi connectivity index (χ2v) is 3.22. The molecule has 2 rings (SSSR count). The molecule has 10 heavy (non-hydrogen) atoms. The Balaban J connectivity index is 2.31. The highest BCUT2D eigenvalue weighted by molar-refractivity contribution is 5.95. The maximum absolute atomic E-state index is 10.9. The van der Waals surface area contributed by atoms with Gasteiger partial charge in [-0.3, -0.25) is 4.79 Å². The molecule has 2 heteroatoms. The second kappa shape index (κ2) is 1.62. The molecule has 0 bridgehead atoms. The van der Waals surface area contributed by atoms with Crippen molar-refractivity contribution in [1.29, 1.82) is 0 Å². The van der Waals surface area contributed by atoms with E-state index in [1.807, 2.05) is 0 Å². The maximum Gasteiger partial charge on any atom is 0.159 e. The zero-order chi connectivity index (χ0) is 7.30. The molecule has 54 valence electrons. The first kappa shape index (κ1) is 5.96. The molecule has 2 aliphatic carbocycles. The number of Topliss-reactive ketones (excluding diaryl/α,β-unsaturated/α-hetero) is 1. The molecule has 0 aromatic heterocycles. The van der Waals surface area contributed by atoms with E-state index in [-0.39, 0.29) is 5.78 Å². The first-order valence-electron chi connectivity index (χ1n) is 3.63. The zero-order valence-corrected chi connectivity index (χ0v) is 5.92. The van der Waals surface area contributed by atoms with Gasteiger partial charge in [0.15, 0.2) is 5.78 Å². The molecular formula is C8H10O2. The smallest absolute Gasteiger partial charge is 0.159 e. The lowest BCUT2D eigenvalue weighted by molar-refractivity contribution is -0.114. The third-order valence-electron chi connectivity index (χ3n) is 2.44. The monoisotopic (exact) mass is 138 g/mol. The molecule has 1 saturated carbocycles. The zero-order valence-electron chi connectivity index (χ0n) is 5.92. The standard InChI is InChI=1S/C8H10O2/c1-4(9)8-6-2-5(6)3-7(8)10/h5-6,10H,2-3H2,1H3. The van der Waals surface area contributed by atoms with Crippen molar-refractivity contribution in [1.82, 2.24) is 0 Å². The van der Waals surface area contributed by atoms with Crippen molar-refractivity contribution in [2.45, 2.75) is 19.8 Å². The molecule has 0 aromatic rings. The SMILES string of the molecule is CC(=O)C1=C(O)CC2CC12. The van der Waals surface area contributed by atoms with E-state index in [1.54, 1.807) is 0 Å². The van der Waals surface area contributed by atoms with Crippen molar-refractivity contribution in [2.75, 3.05) is 0 Å². The average Bonchev–Trinajstić information content (AvgIpc) is 2.42. The minimum atomic E-state index is 0.0579. The molecule has 2 unspecified atom stereocenters. The number of ketones is 1. The summed E-state index contributed by atoms with van der Waals surface area (Å²) in [6.07, 6.45) is 1.87. The number of aliphatic hydroxyl groups excluding tert-OH is 1. The van der Waals surface area contributed by atoms with Crippen LogP contribution < -0.4 is 0 Å². The van der Waals surface area contributed by atoms with E-state index in [0.29, 0.717) is 23.2 Å². The van der Waals surface area contributed by atoms with Gasteiger partial charge in [-0.1, -0.05) is 0 Å². The van der Waals surface area contributed by atoms with E-state index in [4.69, 9.17) is 0 Å². The lowest BCUT2D eigenvalue weighted by Crippen LogP contribution is -1.99. The summed E-state index contributed by atoms with van der Waals surface area (Å²) in [6, 6.07) is 0. The Morgan fingerprint density at radius 3 is 2.70 bits per heavy atom. The Hall–Kier alpha value is -0.790. The number of hydrogen-bond acceptors (Lipinski definition) is 2. The summed E-state index contributed by atoms with van der Waals surface area (Å²) < 4.78 is 0. The van der Waals surface area contributed by atoms with Gasteiger partial charge < -0.3 is 5.11 Å². The van der Waals surface area contributed by atoms with E-state index in [2.05, 4.69) is 0 Å². The Labute approximate surface area is 59.5 Å². The predicted octanol–water partition coefficient (Wildman–Crippen LogP) is 1.43. The average molecular weight is 138 g/mol. The molecule has 0 heterocycles. The molecule has 1 fully saturated rings. The van der Waals surface area contributed by atoms with Crippen LogP contribution in [0.1, 0.15) is 19.8 Å². The van der Waals surface area contributed by atoms with Crippen molar-refractivity contribution in [3.63, 3.8) is 0 Å². The molecule has 0 amide bonds. The van der Waals surface area contributed by atoms with Gasteiger partial charge in [-0.05, 0) is 25.2 Å². The van der Waals surface area contributed by atoms with Gasteiger partial charge in [0.05, 0.1) is 5.76 Å². The van der Waals surface area contributed by atoms with Gasteiger partial charge in [-0.15, -0.1) is 0 Å². The molecule has 0 aromatic carbocycles. The van der Waals surface area contributed by atoms with Crippen molar-refractivity contribution in [3.8, 4) is 0 Å². The maximum atomic E-state index is 10.9. The fourth-order valence-corrected chi connectivity index (χ4v) is 1.86. The van der Waals surface area contributed by atoms with E-state index in [1.165, 1.54) is 6.92 Å². The Morgan fingerprint density at radius 1 is 1.70 bits per heavy atom. The Bertz CT molecular complexity index is 227. The normalized spacial score (nSPS) is 36.1. The summed E-state index contributed by atoms with van der Waals surface area (Å²) in [5, 5.41) is 9.22. The number of carbonyl (C=O) groups excluding carboxylic acids is 1. The van der Waals surface area contributed by atoms with Crippen LogP contribution in [-0.2, 0) is 4.79 Å². The van der Waals surface area contributed by atoms with Gasteiger partial charge in [0.1, 0.15) is 0 Å². The van der Waals surface area contributed by atoms with E-state index >= 15 is 0 Å². The highest BCUT2D eigenvalue weighted by Gasteiger charge is 2.48. The highest BCUT2D eigenvalue weighted by atomic mass is 16.3. The minimum Gasteiger partial charge on any atom is -0.512 e. The van der Waals surface area contributed by atoms with E-state index in [0.717, 1.165) is 12.8 Å². The third kappa shape index (κ3) is 0.618. The topological polar surface area (TPSA) is 37.3 Å². The molecule has 0 saturated heterocycles. The quantitative estimate of drug-likeness (QED) is 0.595. The van der Waals surface area contributed by atoms with Crippen LogP contribution in [0.15, 0.2) is 11.3 Å². The predicted molar refractivity (Wildman–Crippen MR) is 36.5 cm³/mol. The number of hydrogen-bond donors (Lipinski definition) is 1. The number of fused-ring (bicyclic) bond motifs is 1. The Kier molecular flexibility index (Phi) is 0.967. The molecule has 0 radical (unpaired) electrons. The van der Waals surface area contributed by atoms with Gasteiger partial charge >= 0.3 is 0 Å². The van der Waals surface area contributed by atoms with Gasteiger partial charge in [0.2, 0.25) is 0 Å². The molecule has 2 atom stereocenters. The van der Waals surface area contributed by atoms with Gasteiger partial charge in [0.25, 0.3) is 0 Å². The summed E-state index contributed by atoms with van der Waals surface area (Å²) in [7, 11) is 0. The van der Waals surface area contributed by atoms with Crippen molar-refractivity contribution in [3.05, 3.63) is 11.3 Å². The first-order valence-corrected chi connectivity index (χ1v) is 3.63. The lowest BCUT2D eigenvalue weighted by Gasteiger charge is -1.97. The third-order valence-corrected chi connectivity index (χ3v) is 2.44. The van der Waals surface area contributed by atoms with Gasteiger partial charge in [-0.2, -0.15) is 0 Å². The van der Waals surface area contributed by atoms with E-state index in [9.17, 15) is 9.90 Å². The van der Waals surface area contributed by atoms with Crippen molar-refractivity contribution < 1.29 is 9.90 Å². The lowest BCUT2D eigenvalue weighted by atomic mass is 10.1. The van der Waals surface area contributed by atoms with Gasteiger partial charge in [0, 0.05) is 12.0 Å². The van der Waals surface area contributed by atoms with Gasteiger partial charge in [-0.25, -0.2) is 0 Å². The molecule has 2 aliphatic rings. The number of rotatable bonds is 1. The fraction of sp³-hybridized carbons (Fsp3) is 0.625. The largest absolute Gasteiger partial charge is 0.512 e. The highest BCUT2D eigenvalue weighted by Crippen LogP contribution is 2.54. The molecule has 0 aliphatic heterocycles. The summed E-state index contributed by atoms with van der Waals surface area (Å²) >= 11 is 0. The molecule has 0 spiro atoms. The molecular weight excluding hydrogens is 128 g/mol. The van der Waals surface area contributed by atoms with E-state index < -0.39 is 0 Å². The second-order valence-electron chi connectivity index (χ2n) is 3.22. The fourth-order valence-electron chi connectivity index (χ4n) is 1.86. The number of aliphatic hydroxyl groups is 1. The summed E-state index contributed by atoms with van der Waals surface area (Å²) in [5.74, 6) is 1.45. The van der Waals surface area contributed by atoms with Crippen LogP contribution in [0.2, 0.25) is 0 Å². The number of allylic oxidation sites excluding steroid dienone is 2. The van der Waals surface area contributed by atoms with Crippen molar-refractivity contribution >= 4 is 5.78 Å². The van der Waals surface area contributed by atoms with Crippen LogP contribution in [0, 0.1) is 11.8 Å². The summed E-state index contributed by atoms with van der Waals surface area (Å²) in [5.41, 5.74) is 0.713. The molecule has 1 N–H and O–H groups in total. The van der Waals surface area contributed by atoms with Crippen LogP contribution in [0.25, 0.3) is 0 Å². The van der Waals surface area contributed by atoms with Crippen LogP contribution in [-0.4, -0.2) is 10.9 Å². The van der Waals surface area contributed by atoms with Crippen LogP contribution in [0.5, 0.6) is 0 Å². The Morgan fingerprint density at radius 2 is 2.40 bits per heavy atom. The number of carbonyl (C=O) groups is 1. The minimum absolute atomic E-state index is 0.0579. The van der Waals surface area contributed by atoms with Crippen LogP contribution >= 0.6 is 0 Å².